The molecule has 1 aromatic heterocycles. The molecule has 35 heavy (non-hydrogen) atoms. The summed E-state index contributed by atoms with van der Waals surface area (Å²) in [7, 11) is 0. The minimum absolute atomic E-state index is 0.0788. The summed E-state index contributed by atoms with van der Waals surface area (Å²) in [5, 5.41) is 10.7. The molecule has 13 heteroatoms. The van der Waals surface area contributed by atoms with Crippen LogP contribution >= 0.6 is 11.6 Å². The van der Waals surface area contributed by atoms with Crippen molar-refractivity contribution in [1.82, 2.24) is 25.2 Å². The summed E-state index contributed by atoms with van der Waals surface area (Å²) < 4.78 is 45.9. The van der Waals surface area contributed by atoms with Crippen LogP contribution in [0.2, 0.25) is 5.02 Å². The summed E-state index contributed by atoms with van der Waals surface area (Å²) in [6.07, 6.45) is -5.27. The van der Waals surface area contributed by atoms with E-state index in [4.69, 9.17) is 16.3 Å². The molecule has 0 saturated carbocycles. The Kier molecular flexibility index (Phi) is 5.91. The Bertz CT molecular complexity index is 1250. The number of H-pyrrole nitrogens is 1. The van der Waals surface area contributed by atoms with Gasteiger partial charge in [-0.15, -0.1) is 13.2 Å². The molecule has 0 radical (unpaired) electrons. The van der Waals surface area contributed by atoms with E-state index in [0.29, 0.717) is 48.3 Å². The average Bonchev–Trinajstić information content (AvgIpc) is 3.52. The van der Waals surface area contributed by atoms with E-state index in [1.165, 1.54) is 12.1 Å². The first-order valence-corrected chi connectivity index (χ1v) is 11.1. The number of fused-ring (bicyclic) bond motifs is 2. The maximum Gasteiger partial charge on any atom is 0.573 e. The Morgan fingerprint density at radius 1 is 1.00 bits per heavy atom. The molecule has 3 aromatic rings. The first-order valence-electron chi connectivity index (χ1n) is 10.7. The predicted molar refractivity (Wildman–Crippen MR) is 117 cm³/mol. The first kappa shape index (κ1) is 23.2. The number of ether oxygens (including phenoxy) is 2. The van der Waals surface area contributed by atoms with Crippen LogP contribution < -0.4 is 4.74 Å². The number of carbonyl (C=O) groups is 2. The number of hydrogen-bond acceptors (Lipinski definition) is 6. The van der Waals surface area contributed by atoms with Crippen LogP contribution in [-0.4, -0.2) is 69.8 Å². The highest BCUT2D eigenvalue weighted by Gasteiger charge is 2.44. The van der Waals surface area contributed by atoms with E-state index >= 15 is 0 Å². The van der Waals surface area contributed by atoms with Crippen molar-refractivity contribution >= 4 is 34.6 Å². The number of rotatable bonds is 4. The molecule has 9 nitrogen and oxygen atoms in total. The van der Waals surface area contributed by atoms with Gasteiger partial charge in [0, 0.05) is 38.0 Å². The number of halogens is 4. The molecule has 2 aliphatic rings. The Labute approximate surface area is 201 Å². The summed E-state index contributed by atoms with van der Waals surface area (Å²) in [6.45, 7) is 1.79. The van der Waals surface area contributed by atoms with Crippen molar-refractivity contribution in [3.8, 4) is 5.75 Å². The maximum absolute atomic E-state index is 13.0. The molecule has 2 amide bonds. The molecule has 184 valence electrons. The molecular formula is C22H19ClF3N5O4. The Morgan fingerprint density at radius 2 is 1.66 bits per heavy atom. The van der Waals surface area contributed by atoms with Gasteiger partial charge in [-0.05, 0) is 29.8 Å². The van der Waals surface area contributed by atoms with Gasteiger partial charge >= 0.3 is 12.5 Å². The smallest absolute Gasteiger partial charge is 0.445 e. The number of nitrogens with one attached hydrogen (secondary N) is 1. The topological polar surface area (TPSA) is 101 Å². The molecule has 2 atom stereocenters. The van der Waals surface area contributed by atoms with Crippen molar-refractivity contribution in [2.45, 2.75) is 13.0 Å². The van der Waals surface area contributed by atoms with Crippen LogP contribution in [0.4, 0.5) is 18.0 Å². The minimum atomic E-state index is -4.77. The van der Waals surface area contributed by atoms with Crippen LogP contribution in [0, 0.1) is 11.8 Å². The standard InChI is InChI=1S/C22H19ClF3N5O4/c23-18-16(5-6-17-19(18)28-29-27-17)20(32)30-7-13-9-31(10-14(13)8-30)21(33)34-11-12-1-3-15(4-2-12)35-22(24,25)26/h1-6,13-14H,7-11H2,(H,27,28,29). The molecule has 2 aliphatic heterocycles. The van der Waals surface area contributed by atoms with Gasteiger partial charge in [0.2, 0.25) is 0 Å². The second-order valence-electron chi connectivity index (χ2n) is 8.50. The molecule has 0 bridgehead atoms. The van der Waals surface area contributed by atoms with Crippen LogP contribution in [0.1, 0.15) is 15.9 Å². The van der Waals surface area contributed by atoms with E-state index in [2.05, 4.69) is 20.1 Å². The molecule has 2 aromatic carbocycles. The Hall–Kier alpha value is -3.54. The van der Waals surface area contributed by atoms with Gasteiger partial charge in [0.15, 0.2) is 0 Å². The lowest BCUT2D eigenvalue weighted by Crippen LogP contribution is -2.36. The normalized spacial score (nSPS) is 19.8. The van der Waals surface area contributed by atoms with Gasteiger partial charge in [-0.1, -0.05) is 23.7 Å². The van der Waals surface area contributed by atoms with Gasteiger partial charge in [-0.2, -0.15) is 15.4 Å². The zero-order chi connectivity index (χ0) is 24.7. The molecule has 1 N–H and O–H groups in total. The lowest BCUT2D eigenvalue weighted by atomic mass is 10.0. The minimum Gasteiger partial charge on any atom is -0.445 e. The number of alkyl halides is 3. The van der Waals surface area contributed by atoms with Crippen molar-refractivity contribution in [2.24, 2.45) is 11.8 Å². The largest absolute Gasteiger partial charge is 0.573 e. The second kappa shape index (κ2) is 8.91. The number of amides is 2. The maximum atomic E-state index is 13.0. The molecule has 2 saturated heterocycles. The molecule has 2 fully saturated rings. The second-order valence-corrected chi connectivity index (χ2v) is 8.88. The van der Waals surface area contributed by atoms with Crippen molar-refractivity contribution < 1.29 is 32.2 Å². The van der Waals surface area contributed by atoms with E-state index < -0.39 is 12.5 Å². The highest BCUT2D eigenvalue weighted by Crippen LogP contribution is 2.34. The first-order chi connectivity index (χ1) is 16.7. The molecule has 5 rings (SSSR count). The Balaban J connectivity index is 1.13. The highest BCUT2D eigenvalue weighted by atomic mass is 35.5. The van der Waals surface area contributed by atoms with Crippen LogP contribution in [0.3, 0.4) is 0 Å². The number of likely N-dealkylation sites (tertiary alicyclic amines) is 2. The summed E-state index contributed by atoms with van der Waals surface area (Å²) in [5.74, 6) is -0.317. The lowest BCUT2D eigenvalue weighted by molar-refractivity contribution is -0.274. The van der Waals surface area contributed by atoms with Crippen molar-refractivity contribution in [2.75, 3.05) is 26.2 Å². The highest BCUT2D eigenvalue weighted by molar-refractivity contribution is 6.38. The summed E-state index contributed by atoms with van der Waals surface area (Å²) >= 11 is 6.37. The van der Waals surface area contributed by atoms with Crippen LogP contribution in [0.5, 0.6) is 5.75 Å². The third-order valence-electron chi connectivity index (χ3n) is 6.21. The average molecular weight is 510 g/mol. The van der Waals surface area contributed by atoms with Crippen molar-refractivity contribution in [3.05, 3.63) is 52.5 Å². The number of nitrogens with zero attached hydrogens (tertiary/aromatic N) is 4. The van der Waals surface area contributed by atoms with E-state index in [0.717, 1.165) is 12.1 Å². The fraction of sp³-hybridized carbons (Fsp3) is 0.364. The zero-order valence-corrected chi connectivity index (χ0v) is 18.8. The van der Waals surface area contributed by atoms with E-state index in [-0.39, 0.29) is 35.1 Å². The van der Waals surface area contributed by atoms with Gasteiger partial charge in [-0.25, -0.2) is 4.79 Å². The number of benzene rings is 2. The van der Waals surface area contributed by atoms with Gasteiger partial charge < -0.3 is 19.3 Å². The number of aromatic amines is 1. The third kappa shape index (κ3) is 4.83. The van der Waals surface area contributed by atoms with Crippen LogP contribution in [-0.2, 0) is 11.3 Å². The SMILES string of the molecule is O=C(OCc1ccc(OC(F)(F)F)cc1)N1CC2CN(C(=O)c3ccc4n[nH]nc4c3Cl)CC2C1. The fourth-order valence-electron chi connectivity index (χ4n) is 4.55. The Morgan fingerprint density at radius 3 is 2.31 bits per heavy atom. The van der Waals surface area contributed by atoms with Gasteiger partial charge in [0.1, 0.15) is 23.4 Å². The molecule has 0 spiro atoms. The van der Waals surface area contributed by atoms with Crippen molar-refractivity contribution in [3.63, 3.8) is 0 Å². The summed E-state index contributed by atoms with van der Waals surface area (Å²) in [4.78, 5) is 28.9. The van der Waals surface area contributed by atoms with E-state index in [1.807, 2.05) is 0 Å². The summed E-state index contributed by atoms with van der Waals surface area (Å²) in [6, 6.07) is 8.44. The van der Waals surface area contributed by atoms with Crippen molar-refractivity contribution in [1.29, 1.82) is 0 Å². The number of carbonyl (C=O) groups excluding carboxylic acids is 2. The summed E-state index contributed by atoms with van der Waals surface area (Å²) in [5.41, 5.74) is 1.90. The predicted octanol–water partition coefficient (Wildman–Crippen LogP) is 3.85. The fourth-order valence-corrected chi connectivity index (χ4v) is 4.83. The lowest BCUT2D eigenvalue weighted by Gasteiger charge is -2.22. The van der Waals surface area contributed by atoms with Gasteiger partial charge in [0.25, 0.3) is 5.91 Å². The van der Waals surface area contributed by atoms with E-state index in [9.17, 15) is 22.8 Å². The zero-order valence-electron chi connectivity index (χ0n) is 18.1. The molecule has 0 aliphatic carbocycles. The van der Waals surface area contributed by atoms with Gasteiger partial charge in [-0.3, -0.25) is 4.79 Å². The molecular weight excluding hydrogens is 491 g/mol. The third-order valence-corrected chi connectivity index (χ3v) is 6.59. The quantitative estimate of drug-likeness (QED) is 0.573. The van der Waals surface area contributed by atoms with Crippen LogP contribution in [0.25, 0.3) is 11.0 Å². The molecule has 2 unspecified atom stereocenters. The monoisotopic (exact) mass is 509 g/mol. The number of hydrogen-bond donors (Lipinski definition) is 1. The van der Waals surface area contributed by atoms with E-state index in [1.54, 1.807) is 21.9 Å². The van der Waals surface area contributed by atoms with Crippen LogP contribution in [0.15, 0.2) is 36.4 Å². The molecule has 3 heterocycles. The van der Waals surface area contributed by atoms with Gasteiger partial charge in [0.05, 0.1) is 10.6 Å². The number of aromatic nitrogens is 3.